The highest BCUT2D eigenvalue weighted by molar-refractivity contribution is 7.92. The van der Waals surface area contributed by atoms with E-state index in [4.69, 9.17) is 35.4 Å². The summed E-state index contributed by atoms with van der Waals surface area (Å²) in [4.78, 5) is 0.148. The molecule has 5 nitrogen and oxygen atoms in total. The van der Waals surface area contributed by atoms with Gasteiger partial charge in [0.05, 0.1) is 20.6 Å². The summed E-state index contributed by atoms with van der Waals surface area (Å²) >= 11 is 17.2. The van der Waals surface area contributed by atoms with Gasteiger partial charge in [0, 0.05) is 11.4 Å². The fourth-order valence-electron chi connectivity index (χ4n) is 2.48. The summed E-state index contributed by atoms with van der Waals surface area (Å²) < 4.78 is 27.8. The van der Waals surface area contributed by atoms with Crippen LogP contribution in [0, 0.1) is 6.92 Å². The Morgan fingerprint density at radius 3 is 2.14 bits per heavy atom. The maximum atomic E-state index is 12.6. The fraction of sp³-hybridized carbons (Fsp3) is 0.0500. The molecule has 3 aromatic rings. The van der Waals surface area contributed by atoms with E-state index in [1.165, 1.54) is 12.1 Å². The maximum absolute atomic E-state index is 12.6. The smallest absolute Gasteiger partial charge is 0.261 e. The second-order valence-electron chi connectivity index (χ2n) is 6.15. The first-order valence-corrected chi connectivity index (χ1v) is 11.1. The van der Waals surface area contributed by atoms with E-state index in [0.717, 1.165) is 5.56 Å². The third kappa shape index (κ3) is 5.61. The normalized spacial score (nSPS) is 11.0. The van der Waals surface area contributed by atoms with Crippen LogP contribution in [0.1, 0.15) is 5.56 Å². The average molecular weight is 466 g/mol. The number of halogens is 2. The highest BCUT2D eigenvalue weighted by atomic mass is 35.5. The molecule has 0 unspecified atom stereocenters. The largest absolute Gasteiger partial charge is 0.332 e. The van der Waals surface area contributed by atoms with Gasteiger partial charge in [-0.3, -0.25) is 4.72 Å². The van der Waals surface area contributed by atoms with Crippen molar-refractivity contribution < 1.29 is 8.42 Å². The molecule has 3 aromatic carbocycles. The number of nitrogens with one attached hydrogen (secondary N) is 3. The van der Waals surface area contributed by atoms with Gasteiger partial charge in [-0.2, -0.15) is 0 Å². The minimum absolute atomic E-state index is 0.148. The van der Waals surface area contributed by atoms with E-state index < -0.39 is 10.0 Å². The first-order valence-electron chi connectivity index (χ1n) is 8.46. The summed E-state index contributed by atoms with van der Waals surface area (Å²) in [6.07, 6.45) is 0. The molecular formula is C20H17Cl2N3O2S2. The molecule has 0 radical (unpaired) electrons. The number of hydrogen-bond donors (Lipinski definition) is 3. The quantitative estimate of drug-likeness (QED) is 0.408. The minimum Gasteiger partial charge on any atom is -0.332 e. The van der Waals surface area contributed by atoms with Crippen LogP contribution >= 0.6 is 35.4 Å². The molecule has 3 rings (SSSR count). The molecule has 0 aliphatic rings. The number of rotatable bonds is 5. The number of hydrogen-bond acceptors (Lipinski definition) is 3. The van der Waals surface area contributed by atoms with Crippen molar-refractivity contribution in [3.05, 3.63) is 82.3 Å². The Hall–Kier alpha value is -2.32. The molecule has 0 fully saturated rings. The van der Waals surface area contributed by atoms with E-state index in [1.54, 1.807) is 42.5 Å². The van der Waals surface area contributed by atoms with Crippen LogP contribution < -0.4 is 15.4 Å². The maximum Gasteiger partial charge on any atom is 0.261 e. The van der Waals surface area contributed by atoms with Crippen LogP contribution in [-0.4, -0.2) is 13.5 Å². The Kier molecular flexibility index (Phi) is 6.64. The molecule has 3 N–H and O–H groups in total. The molecule has 0 aliphatic heterocycles. The lowest BCUT2D eigenvalue weighted by Crippen LogP contribution is -2.19. The van der Waals surface area contributed by atoms with Crippen LogP contribution in [0.2, 0.25) is 10.0 Å². The van der Waals surface area contributed by atoms with E-state index in [1.807, 2.05) is 19.1 Å². The fourth-order valence-corrected chi connectivity index (χ4v) is 4.14. The van der Waals surface area contributed by atoms with E-state index >= 15 is 0 Å². The Labute approximate surface area is 185 Å². The van der Waals surface area contributed by atoms with Gasteiger partial charge in [-0.1, -0.05) is 41.4 Å². The summed E-state index contributed by atoms with van der Waals surface area (Å²) in [5, 5.41) is 7.17. The Morgan fingerprint density at radius 2 is 1.48 bits per heavy atom. The lowest BCUT2D eigenvalue weighted by molar-refractivity contribution is 0.601. The van der Waals surface area contributed by atoms with Gasteiger partial charge in [-0.05, 0) is 73.2 Å². The zero-order valence-corrected chi connectivity index (χ0v) is 18.4. The molecule has 0 atom stereocenters. The average Bonchev–Trinajstić information content (AvgIpc) is 2.67. The summed E-state index contributed by atoms with van der Waals surface area (Å²) in [5.74, 6) is 0. The first kappa shape index (κ1) is 21.4. The second-order valence-corrected chi connectivity index (χ2v) is 9.06. The summed E-state index contributed by atoms with van der Waals surface area (Å²) in [5.41, 5.74) is 2.70. The lowest BCUT2D eigenvalue weighted by Gasteiger charge is -2.13. The van der Waals surface area contributed by atoms with Crippen molar-refractivity contribution in [2.45, 2.75) is 11.8 Å². The van der Waals surface area contributed by atoms with Gasteiger partial charge in [-0.15, -0.1) is 0 Å². The summed E-state index contributed by atoms with van der Waals surface area (Å²) in [6.45, 7) is 1.84. The Bertz CT molecular complexity index is 1150. The lowest BCUT2D eigenvalue weighted by atomic mass is 10.2. The molecule has 0 saturated carbocycles. The molecule has 150 valence electrons. The van der Waals surface area contributed by atoms with Gasteiger partial charge in [0.1, 0.15) is 0 Å². The molecule has 0 heterocycles. The zero-order chi connectivity index (χ0) is 21.0. The monoisotopic (exact) mass is 465 g/mol. The van der Waals surface area contributed by atoms with Crippen molar-refractivity contribution in [3.63, 3.8) is 0 Å². The van der Waals surface area contributed by atoms with Crippen LogP contribution in [-0.2, 0) is 10.0 Å². The highest BCUT2D eigenvalue weighted by Gasteiger charge is 2.15. The molecular weight excluding hydrogens is 449 g/mol. The van der Waals surface area contributed by atoms with E-state index in [9.17, 15) is 8.42 Å². The predicted molar refractivity (Wildman–Crippen MR) is 125 cm³/mol. The first-order chi connectivity index (χ1) is 13.7. The van der Waals surface area contributed by atoms with Gasteiger partial charge in [0.15, 0.2) is 5.11 Å². The second kappa shape index (κ2) is 9.00. The van der Waals surface area contributed by atoms with Crippen molar-refractivity contribution in [1.29, 1.82) is 0 Å². The van der Waals surface area contributed by atoms with Crippen LogP contribution in [0.4, 0.5) is 17.1 Å². The van der Waals surface area contributed by atoms with Gasteiger partial charge < -0.3 is 10.6 Å². The molecule has 29 heavy (non-hydrogen) atoms. The molecule has 0 amide bonds. The van der Waals surface area contributed by atoms with Crippen molar-refractivity contribution in [2.24, 2.45) is 0 Å². The van der Waals surface area contributed by atoms with Crippen LogP contribution in [0.3, 0.4) is 0 Å². The van der Waals surface area contributed by atoms with Crippen molar-refractivity contribution in [2.75, 3.05) is 15.4 Å². The SMILES string of the molecule is Cc1ccccc1NS(=O)(=O)c1ccc(NC(=S)Nc2ccc(Cl)c(Cl)c2)cc1. The predicted octanol–water partition coefficient (Wildman–Crippen LogP) is 5.91. The topological polar surface area (TPSA) is 70.2 Å². The molecule has 0 aromatic heterocycles. The van der Waals surface area contributed by atoms with Gasteiger partial charge in [0.2, 0.25) is 0 Å². The zero-order valence-electron chi connectivity index (χ0n) is 15.2. The molecule has 0 saturated heterocycles. The minimum atomic E-state index is -3.69. The van der Waals surface area contributed by atoms with Crippen LogP contribution in [0.15, 0.2) is 71.6 Å². The van der Waals surface area contributed by atoms with Crippen molar-refractivity contribution >= 4 is 67.6 Å². The molecule has 9 heteroatoms. The number of sulfonamides is 1. The van der Waals surface area contributed by atoms with E-state index in [2.05, 4.69) is 15.4 Å². The van der Waals surface area contributed by atoms with E-state index in [0.29, 0.717) is 32.2 Å². The number of benzene rings is 3. The van der Waals surface area contributed by atoms with Gasteiger partial charge in [-0.25, -0.2) is 8.42 Å². The van der Waals surface area contributed by atoms with Crippen LogP contribution in [0.5, 0.6) is 0 Å². The third-order valence-corrected chi connectivity index (χ3v) is 6.31. The Morgan fingerprint density at radius 1 is 0.862 bits per heavy atom. The number of aryl methyl sites for hydroxylation is 1. The third-order valence-electron chi connectivity index (χ3n) is 3.99. The Balaban J connectivity index is 1.67. The summed E-state index contributed by atoms with van der Waals surface area (Å²) in [6, 6.07) is 18.5. The number of thiocarbonyl (C=S) groups is 1. The molecule has 0 bridgehead atoms. The van der Waals surface area contributed by atoms with E-state index in [-0.39, 0.29) is 4.90 Å². The van der Waals surface area contributed by atoms with Crippen molar-refractivity contribution in [1.82, 2.24) is 0 Å². The highest BCUT2D eigenvalue weighted by Crippen LogP contribution is 2.25. The number of anilines is 3. The van der Waals surface area contributed by atoms with Crippen molar-refractivity contribution in [3.8, 4) is 0 Å². The molecule has 0 spiro atoms. The van der Waals surface area contributed by atoms with Crippen LogP contribution in [0.25, 0.3) is 0 Å². The van der Waals surface area contributed by atoms with Gasteiger partial charge in [0.25, 0.3) is 10.0 Å². The number of para-hydroxylation sites is 1. The van der Waals surface area contributed by atoms with Gasteiger partial charge >= 0.3 is 0 Å². The standard InChI is InChI=1S/C20H17Cl2N3O2S2/c1-13-4-2-3-5-19(13)25-29(26,27)16-9-6-14(7-10-16)23-20(28)24-15-8-11-17(21)18(22)12-15/h2-12,25H,1H3,(H2,23,24,28). The summed E-state index contributed by atoms with van der Waals surface area (Å²) in [7, 11) is -3.69. The molecule has 0 aliphatic carbocycles.